The Morgan fingerprint density at radius 2 is 1.87 bits per heavy atom. The lowest BCUT2D eigenvalue weighted by Gasteiger charge is -2.24. The van der Waals surface area contributed by atoms with Gasteiger partial charge in [0.15, 0.2) is 0 Å². The van der Waals surface area contributed by atoms with E-state index in [1.165, 1.54) is 7.11 Å². The smallest absolute Gasteiger partial charge is 0.337 e. The first-order chi connectivity index (χ1) is 14.7. The van der Waals surface area contributed by atoms with Crippen molar-refractivity contribution in [2.24, 2.45) is 0 Å². The quantitative estimate of drug-likeness (QED) is 0.386. The maximum Gasteiger partial charge on any atom is 0.337 e. The van der Waals surface area contributed by atoms with Crippen LogP contribution in [0.5, 0.6) is 0 Å². The fourth-order valence-corrected chi connectivity index (χ4v) is 3.72. The van der Waals surface area contributed by atoms with Crippen LogP contribution < -0.4 is 5.32 Å². The van der Waals surface area contributed by atoms with E-state index in [0.29, 0.717) is 17.7 Å². The molecule has 0 saturated heterocycles. The summed E-state index contributed by atoms with van der Waals surface area (Å²) in [5, 5.41) is 3.07. The van der Waals surface area contributed by atoms with E-state index in [0.717, 1.165) is 42.5 Å². The number of esters is 1. The van der Waals surface area contributed by atoms with Gasteiger partial charge in [-0.15, -0.1) is 0 Å². The Morgan fingerprint density at radius 3 is 2.45 bits per heavy atom. The molecule has 0 bridgehead atoms. The van der Waals surface area contributed by atoms with Crippen molar-refractivity contribution in [1.29, 1.82) is 0 Å². The largest absolute Gasteiger partial charge is 0.465 e. The number of pyridine rings is 1. The summed E-state index contributed by atoms with van der Waals surface area (Å²) in [5.41, 5.74) is 3.94. The Hall–Kier alpha value is -2.69. The summed E-state index contributed by atoms with van der Waals surface area (Å²) in [5.74, 6) is -0.366. The number of amides is 1. The summed E-state index contributed by atoms with van der Waals surface area (Å²) >= 11 is 0. The van der Waals surface area contributed by atoms with Crippen LogP contribution in [0, 0.1) is 6.92 Å². The van der Waals surface area contributed by atoms with E-state index in [4.69, 9.17) is 4.74 Å². The molecule has 1 N–H and O–H groups in total. The number of carbonyl (C=O) groups is 2. The number of carbonyl (C=O) groups excluding carboxylic acids is 2. The lowest BCUT2D eigenvalue weighted by atomic mass is 9.85. The minimum absolute atomic E-state index is 0.0606. The molecule has 2 rings (SSSR count). The SMILES string of the molecule is CCCCCC(CC(=O)Nc1cc(C(=O)OC)ccc1C(C)(C)C)c1ccc(C)nc1. The molecule has 5 heteroatoms. The number of methoxy groups -OCH3 is 1. The number of rotatable bonds is 9. The third-order valence-corrected chi connectivity index (χ3v) is 5.52. The first-order valence-electron chi connectivity index (χ1n) is 11.1. The van der Waals surface area contributed by atoms with Crippen molar-refractivity contribution in [1.82, 2.24) is 4.98 Å². The van der Waals surface area contributed by atoms with E-state index in [9.17, 15) is 9.59 Å². The highest BCUT2D eigenvalue weighted by Gasteiger charge is 2.23. The summed E-state index contributed by atoms with van der Waals surface area (Å²) in [6.45, 7) is 10.4. The number of benzene rings is 1. The maximum atomic E-state index is 13.1. The lowest BCUT2D eigenvalue weighted by molar-refractivity contribution is -0.116. The molecule has 1 unspecified atom stereocenters. The highest BCUT2D eigenvalue weighted by atomic mass is 16.5. The summed E-state index contributed by atoms with van der Waals surface area (Å²) in [7, 11) is 1.36. The van der Waals surface area contributed by atoms with Gasteiger partial charge in [0, 0.05) is 24.0 Å². The van der Waals surface area contributed by atoms with Crippen molar-refractivity contribution >= 4 is 17.6 Å². The van der Waals surface area contributed by atoms with Crippen LogP contribution in [0.1, 0.15) is 92.9 Å². The second-order valence-electron chi connectivity index (χ2n) is 9.18. The normalized spacial score (nSPS) is 12.3. The van der Waals surface area contributed by atoms with E-state index in [1.807, 2.05) is 25.3 Å². The Bertz CT molecular complexity index is 883. The summed E-state index contributed by atoms with van der Waals surface area (Å²) in [6, 6.07) is 9.42. The second-order valence-corrected chi connectivity index (χ2v) is 9.18. The fourth-order valence-electron chi connectivity index (χ4n) is 3.72. The molecule has 0 spiro atoms. The van der Waals surface area contributed by atoms with Gasteiger partial charge in [-0.25, -0.2) is 4.79 Å². The van der Waals surface area contributed by atoms with Crippen molar-refractivity contribution in [2.45, 2.75) is 78.1 Å². The molecule has 5 nitrogen and oxygen atoms in total. The average molecular weight is 425 g/mol. The number of aryl methyl sites for hydroxylation is 1. The van der Waals surface area contributed by atoms with Gasteiger partial charge in [0.25, 0.3) is 0 Å². The molecule has 31 heavy (non-hydrogen) atoms. The standard InChI is InChI=1S/C26H36N2O3/c1-7-8-9-10-19(21-12-11-18(2)27-17-21)16-24(29)28-23-15-20(25(30)31-6)13-14-22(23)26(3,4)5/h11-15,17,19H,7-10,16H2,1-6H3,(H,28,29). The topological polar surface area (TPSA) is 68.3 Å². The Kier molecular flexibility index (Phi) is 8.78. The van der Waals surface area contributed by atoms with Gasteiger partial charge in [0.05, 0.1) is 12.7 Å². The Balaban J connectivity index is 2.26. The molecule has 2 aromatic rings. The van der Waals surface area contributed by atoms with Gasteiger partial charge in [-0.2, -0.15) is 0 Å². The van der Waals surface area contributed by atoms with Crippen LogP contribution in [0.4, 0.5) is 5.69 Å². The molecular weight excluding hydrogens is 388 g/mol. The van der Waals surface area contributed by atoms with Crippen molar-refractivity contribution in [2.75, 3.05) is 12.4 Å². The Labute approximate surface area is 186 Å². The number of aromatic nitrogens is 1. The monoisotopic (exact) mass is 424 g/mol. The summed E-state index contributed by atoms with van der Waals surface area (Å²) < 4.78 is 4.85. The van der Waals surface area contributed by atoms with Crippen LogP contribution in [-0.4, -0.2) is 24.0 Å². The molecule has 0 aliphatic heterocycles. The highest BCUT2D eigenvalue weighted by molar-refractivity contribution is 5.95. The van der Waals surface area contributed by atoms with Crippen LogP contribution in [0.15, 0.2) is 36.5 Å². The molecule has 1 atom stereocenters. The molecule has 168 valence electrons. The number of nitrogens with zero attached hydrogens (tertiary/aromatic N) is 1. The first kappa shape index (κ1) is 24.6. The minimum atomic E-state index is -0.417. The number of ether oxygens (including phenoxy) is 1. The predicted octanol–water partition coefficient (Wildman–Crippen LogP) is 6.17. The zero-order chi connectivity index (χ0) is 23.0. The number of nitrogens with one attached hydrogen (secondary N) is 1. The molecule has 1 heterocycles. The van der Waals surface area contributed by atoms with Gasteiger partial charge >= 0.3 is 5.97 Å². The van der Waals surface area contributed by atoms with Crippen LogP contribution in [-0.2, 0) is 14.9 Å². The van der Waals surface area contributed by atoms with Gasteiger partial charge in [-0.05, 0) is 54.0 Å². The van der Waals surface area contributed by atoms with Crippen molar-refractivity contribution in [3.63, 3.8) is 0 Å². The van der Waals surface area contributed by atoms with Gasteiger partial charge in [-0.1, -0.05) is 59.1 Å². The van der Waals surface area contributed by atoms with Crippen molar-refractivity contribution < 1.29 is 14.3 Å². The number of unbranched alkanes of at least 4 members (excludes halogenated alkanes) is 2. The van der Waals surface area contributed by atoms with E-state index in [-0.39, 0.29) is 17.2 Å². The third kappa shape index (κ3) is 7.20. The lowest BCUT2D eigenvalue weighted by Crippen LogP contribution is -2.21. The van der Waals surface area contributed by atoms with E-state index < -0.39 is 5.97 Å². The molecule has 1 amide bonds. The van der Waals surface area contributed by atoms with Crippen LogP contribution in [0.25, 0.3) is 0 Å². The fraction of sp³-hybridized carbons (Fsp3) is 0.500. The van der Waals surface area contributed by atoms with Crippen molar-refractivity contribution in [3.8, 4) is 0 Å². The average Bonchev–Trinajstić information content (AvgIpc) is 2.72. The van der Waals surface area contributed by atoms with Gasteiger partial charge in [-0.3, -0.25) is 9.78 Å². The molecule has 1 aromatic heterocycles. The first-order valence-corrected chi connectivity index (χ1v) is 11.1. The molecule has 0 aliphatic carbocycles. The van der Waals surface area contributed by atoms with Gasteiger partial charge in [0.1, 0.15) is 0 Å². The predicted molar refractivity (Wildman–Crippen MR) is 126 cm³/mol. The zero-order valence-electron chi connectivity index (χ0n) is 19.7. The van der Waals surface area contributed by atoms with E-state index in [1.54, 1.807) is 12.1 Å². The van der Waals surface area contributed by atoms with Gasteiger partial charge in [0.2, 0.25) is 5.91 Å². The van der Waals surface area contributed by atoms with E-state index >= 15 is 0 Å². The molecular formula is C26H36N2O3. The van der Waals surface area contributed by atoms with Crippen LogP contribution in [0.3, 0.4) is 0 Å². The second kappa shape index (κ2) is 11.1. The maximum absolute atomic E-state index is 13.1. The third-order valence-electron chi connectivity index (χ3n) is 5.52. The molecule has 1 aromatic carbocycles. The van der Waals surface area contributed by atoms with Crippen LogP contribution >= 0.6 is 0 Å². The molecule has 0 saturated carbocycles. The highest BCUT2D eigenvalue weighted by Crippen LogP contribution is 2.32. The van der Waals surface area contributed by atoms with E-state index in [2.05, 4.69) is 44.1 Å². The number of anilines is 1. The van der Waals surface area contributed by atoms with Crippen LogP contribution in [0.2, 0.25) is 0 Å². The molecule has 0 radical (unpaired) electrons. The Morgan fingerprint density at radius 1 is 1.13 bits per heavy atom. The number of hydrogen-bond donors (Lipinski definition) is 1. The minimum Gasteiger partial charge on any atom is -0.465 e. The van der Waals surface area contributed by atoms with Crippen molar-refractivity contribution in [3.05, 3.63) is 58.9 Å². The molecule has 0 aliphatic rings. The molecule has 0 fully saturated rings. The van der Waals surface area contributed by atoms with Gasteiger partial charge < -0.3 is 10.1 Å². The summed E-state index contributed by atoms with van der Waals surface area (Å²) in [6.07, 6.45) is 6.57. The number of hydrogen-bond acceptors (Lipinski definition) is 4. The zero-order valence-corrected chi connectivity index (χ0v) is 19.7. The summed E-state index contributed by atoms with van der Waals surface area (Å²) in [4.78, 5) is 29.5.